The van der Waals surface area contributed by atoms with Gasteiger partial charge in [-0.05, 0) is 24.3 Å². The summed E-state index contributed by atoms with van der Waals surface area (Å²) in [5.41, 5.74) is 1.47. The summed E-state index contributed by atoms with van der Waals surface area (Å²) in [7, 11) is 1.72. The third-order valence-corrected chi connectivity index (χ3v) is 3.30. The second-order valence-corrected chi connectivity index (χ2v) is 4.76. The van der Waals surface area contributed by atoms with Crippen molar-refractivity contribution in [1.29, 1.82) is 0 Å². The van der Waals surface area contributed by atoms with Crippen molar-refractivity contribution >= 4 is 22.5 Å². The number of hydrogen-bond donors (Lipinski definition) is 0. The fraction of sp³-hybridized carbons (Fsp3) is 0.0667. The third kappa shape index (κ3) is 2.02. The fourth-order valence-electron chi connectivity index (χ4n) is 2.10. The molecule has 0 unspecified atom stereocenters. The van der Waals surface area contributed by atoms with Gasteiger partial charge in [-0.25, -0.2) is 4.98 Å². The maximum atomic E-state index is 12.3. The van der Waals surface area contributed by atoms with Gasteiger partial charge in [-0.3, -0.25) is 9.36 Å². The molecule has 0 amide bonds. The zero-order valence-corrected chi connectivity index (χ0v) is 11.1. The molecule has 0 aliphatic rings. The average Bonchev–Trinajstić information content (AvgIpc) is 2.43. The predicted octanol–water partition coefficient (Wildman–Crippen LogP) is 3.25. The zero-order valence-electron chi connectivity index (χ0n) is 10.3. The summed E-state index contributed by atoms with van der Waals surface area (Å²) in [4.78, 5) is 16.8. The van der Waals surface area contributed by atoms with E-state index in [1.165, 1.54) is 0 Å². The Bertz CT molecular complexity index is 824. The van der Waals surface area contributed by atoms with Crippen LogP contribution in [0.5, 0.6) is 0 Å². The first-order valence-electron chi connectivity index (χ1n) is 5.88. The van der Waals surface area contributed by atoms with Crippen LogP contribution in [0, 0.1) is 0 Å². The Morgan fingerprint density at radius 3 is 2.68 bits per heavy atom. The normalized spacial score (nSPS) is 10.8. The first-order chi connectivity index (χ1) is 9.16. The number of nitrogens with zero attached hydrogens (tertiary/aromatic N) is 2. The topological polar surface area (TPSA) is 34.9 Å². The summed E-state index contributed by atoms with van der Waals surface area (Å²) >= 11 is 5.99. The van der Waals surface area contributed by atoms with Crippen LogP contribution in [-0.4, -0.2) is 9.55 Å². The molecule has 0 N–H and O–H groups in total. The van der Waals surface area contributed by atoms with E-state index in [-0.39, 0.29) is 5.56 Å². The van der Waals surface area contributed by atoms with Gasteiger partial charge in [-0.15, -0.1) is 0 Å². The molecule has 0 spiro atoms. The van der Waals surface area contributed by atoms with E-state index in [1.807, 2.05) is 30.3 Å². The highest BCUT2D eigenvalue weighted by Crippen LogP contribution is 2.21. The van der Waals surface area contributed by atoms with Crippen LogP contribution in [0.3, 0.4) is 0 Å². The van der Waals surface area contributed by atoms with Crippen molar-refractivity contribution in [2.24, 2.45) is 7.05 Å². The molecule has 1 aromatic heterocycles. The maximum Gasteiger partial charge on any atom is 0.261 e. The maximum absolute atomic E-state index is 12.3. The van der Waals surface area contributed by atoms with Crippen molar-refractivity contribution in [2.45, 2.75) is 0 Å². The van der Waals surface area contributed by atoms with E-state index >= 15 is 0 Å². The molecule has 19 heavy (non-hydrogen) atoms. The third-order valence-electron chi connectivity index (χ3n) is 3.07. The molecule has 0 saturated carbocycles. The molecule has 0 fully saturated rings. The van der Waals surface area contributed by atoms with Gasteiger partial charge in [-0.1, -0.05) is 35.9 Å². The van der Waals surface area contributed by atoms with Gasteiger partial charge in [0.05, 0.1) is 10.9 Å². The van der Waals surface area contributed by atoms with Crippen LogP contribution < -0.4 is 5.56 Å². The van der Waals surface area contributed by atoms with Crippen LogP contribution in [0.25, 0.3) is 22.3 Å². The highest BCUT2D eigenvalue weighted by Gasteiger charge is 2.09. The molecule has 4 heteroatoms. The van der Waals surface area contributed by atoms with Crippen LogP contribution >= 0.6 is 11.6 Å². The Hall–Kier alpha value is -2.13. The molecule has 1 heterocycles. The van der Waals surface area contributed by atoms with Crippen molar-refractivity contribution in [2.75, 3.05) is 0 Å². The Balaban J connectivity index is 2.36. The highest BCUT2D eigenvalue weighted by atomic mass is 35.5. The van der Waals surface area contributed by atoms with E-state index in [2.05, 4.69) is 4.98 Å². The molecule has 3 aromatic rings. The monoisotopic (exact) mass is 270 g/mol. The highest BCUT2D eigenvalue weighted by molar-refractivity contribution is 6.30. The lowest BCUT2D eigenvalue weighted by Crippen LogP contribution is -2.20. The van der Waals surface area contributed by atoms with Gasteiger partial charge < -0.3 is 0 Å². The number of halogens is 1. The van der Waals surface area contributed by atoms with E-state index in [9.17, 15) is 4.79 Å². The quantitative estimate of drug-likeness (QED) is 0.680. The van der Waals surface area contributed by atoms with Gasteiger partial charge in [0.2, 0.25) is 0 Å². The number of fused-ring (bicyclic) bond motifs is 1. The second kappa shape index (κ2) is 4.52. The summed E-state index contributed by atoms with van der Waals surface area (Å²) in [6, 6.07) is 14.7. The SMILES string of the molecule is Cn1c(-c2cccc(Cl)c2)nc2ccccc2c1=O. The van der Waals surface area contributed by atoms with Crippen LogP contribution in [-0.2, 0) is 7.05 Å². The van der Waals surface area contributed by atoms with Gasteiger partial charge in [0.25, 0.3) is 5.56 Å². The Kier molecular flexibility index (Phi) is 2.84. The lowest BCUT2D eigenvalue weighted by Gasteiger charge is -2.09. The number of aromatic nitrogens is 2. The van der Waals surface area contributed by atoms with E-state index in [0.29, 0.717) is 21.7 Å². The van der Waals surface area contributed by atoms with Crippen molar-refractivity contribution in [3.63, 3.8) is 0 Å². The summed E-state index contributed by atoms with van der Waals surface area (Å²) in [5, 5.41) is 1.25. The van der Waals surface area contributed by atoms with Gasteiger partial charge in [0.1, 0.15) is 5.82 Å². The van der Waals surface area contributed by atoms with Crippen molar-refractivity contribution in [1.82, 2.24) is 9.55 Å². The van der Waals surface area contributed by atoms with Crippen molar-refractivity contribution in [3.8, 4) is 11.4 Å². The molecule has 0 aliphatic heterocycles. The fourth-order valence-corrected chi connectivity index (χ4v) is 2.29. The first kappa shape index (κ1) is 11.9. The molecule has 94 valence electrons. The molecule has 0 radical (unpaired) electrons. The van der Waals surface area contributed by atoms with Crippen molar-refractivity contribution in [3.05, 3.63) is 63.9 Å². The van der Waals surface area contributed by atoms with Gasteiger partial charge in [0.15, 0.2) is 0 Å². The molecule has 0 aliphatic carbocycles. The number of benzene rings is 2. The first-order valence-corrected chi connectivity index (χ1v) is 6.26. The molecule has 3 rings (SSSR count). The zero-order chi connectivity index (χ0) is 13.4. The minimum atomic E-state index is -0.0550. The van der Waals surface area contributed by atoms with Gasteiger partial charge in [-0.2, -0.15) is 0 Å². The van der Waals surface area contributed by atoms with Crippen LogP contribution in [0.15, 0.2) is 53.3 Å². The lowest BCUT2D eigenvalue weighted by atomic mass is 10.2. The Labute approximate surface area is 115 Å². The number of hydrogen-bond acceptors (Lipinski definition) is 2. The largest absolute Gasteiger partial charge is 0.295 e. The van der Waals surface area contributed by atoms with Crippen molar-refractivity contribution < 1.29 is 0 Å². The van der Waals surface area contributed by atoms with Crippen LogP contribution in [0.4, 0.5) is 0 Å². The van der Waals surface area contributed by atoms with Gasteiger partial charge in [0, 0.05) is 17.6 Å². The molecule has 0 atom stereocenters. The van der Waals surface area contributed by atoms with E-state index < -0.39 is 0 Å². The standard InChI is InChI=1S/C15H11ClN2O/c1-18-14(10-5-4-6-11(16)9-10)17-13-8-3-2-7-12(13)15(18)19/h2-9H,1H3. The molecular weight excluding hydrogens is 260 g/mol. The second-order valence-electron chi connectivity index (χ2n) is 4.33. The number of rotatable bonds is 1. The molecule has 0 bridgehead atoms. The summed E-state index contributed by atoms with van der Waals surface area (Å²) in [6.45, 7) is 0. The van der Waals surface area contributed by atoms with Crippen LogP contribution in [0.1, 0.15) is 0 Å². The molecule has 3 nitrogen and oxygen atoms in total. The summed E-state index contributed by atoms with van der Waals surface area (Å²) in [5.74, 6) is 0.617. The minimum Gasteiger partial charge on any atom is -0.295 e. The Morgan fingerprint density at radius 2 is 1.89 bits per heavy atom. The van der Waals surface area contributed by atoms with E-state index in [1.54, 1.807) is 29.8 Å². The van der Waals surface area contributed by atoms with E-state index in [0.717, 1.165) is 5.56 Å². The predicted molar refractivity (Wildman–Crippen MR) is 77.4 cm³/mol. The molecule has 2 aromatic carbocycles. The average molecular weight is 271 g/mol. The van der Waals surface area contributed by atoms with Gasteiger partial charge >= 0.3 is 0 Å². The minimum absolute atomic E-state index is 0.0550. The smallest absolute Gasteiger partial charge is 0.261 e. The van der Waals surface area contributed by atoms with E-state index in [4.69, 9.17) is 11.6 Å². The lowest BCUT2D eigenvalue weighted by molar-refractivity contribution is 0.856. The summed E-state index contributed by atoms with van der Waals surface area (Å²) in [6.07, 6.45) is 0. The molecule has 0 saturated heterocycles. The number of para-hydroxylation sites is 1. The molecular formula is C15H11ClN2O. The van der Waals surface area contributed by atoms with Crippen LogP contribution in [0.2, 0.25) is 5.02 Å². The Morgan fingerprint density at radius 1 is 1.11 bits per heavy atom. The summed E-state index contributed by atoms with van der Waals surface area (Å²) < 4.78 is 1.55.